The van der Waals surface area contributed by atoms with Crippen molar-refractivity contribution in [3.05, 3.63) is 10.6 Å². The summed E-state index contributed by atoms with van der Waals surface area (Å²) in [6.45, 7) is 0. The summed E-state index contributed by atoms with van der Waals surface area (Å²) < 4.78 is 3.13. The SMILES string of the molecule is COC(=O)C(Cl)(Cl)CCCC=C(Cl)Cl. The van der Waals surface area contributed by atoms with Gasteiger partial charge in [0.05, 0.1) is 7.11 Å². The predicted molar refractivity (Wildman–Crippen MR) is 60.1 cm³/mol. The number of hydrogen-bond acceptors (Lipinski definition) is 2. The molecular weight excluding hydrogens is 270 g/mol. The molecule has 0 heterocycles. The lowest BCUT2D eigenvalue weighted by Gasteiger charge is -2.15. The Morgan fingerprint density at radius 3 is 2.43 bits per heavy atom. The van der Waals surface area contributed by atoms with Crippen LogP contribution in [0.3, 0.4) is 0 Å². The van der Waals surface area contributed by atoms with Gasteiger partial charge in [-0.05, 0) is 19.3 Å². The summed E-state index contributed by atoms with van der Waals surface area (Å²) >= 11 is 22.2. The van der Waals surface area contributed by atoms with Crippen LogP contribution < -0.4 is 0 Å². The quantitative estimate of drug-likeness (QED) is 0.434. The number of ether oxygens (including phenoxy) is 1. The Labute approximate surface area is 103 Å². The molecule has 0 N–H and O–H groups in total. The van der Waals surface area contributed by atoms with Gasteiger partial charge in [-0.25, -0.2) is 4.79 Å². The zero-order valence-corrected chi connectivity index (χ0v) is 10.6. The van der Waals surface area contributed by atoms with Gasteiger partial charge >= 0.3 is 5.97 Å². The van der Waals surface area contributed by atoms with E-state index in [1.165, 1.54) is 7.11 Å². The number of carbonyl (C=O) groups excluding carboxylic acids is 1. The molecule has 0 atom stereocenters. The van der Waals surface area contributed by atoms with Gasteiger partial charge in [0.2, 0.25) is 4.33 Å². The van der Waals surface area contributed by atoms with Crippen molar-refractivity contribution in [1.82, 2.24) is 0 Å². The summed E-state index contributed by atoms with van der Waals surface area (Å²) in [5, 5.41) is 0. The van der Waals surface area contributed by atoms with E-state index in [2.05, 4.69) is 4.74 Å². The Kier molecular flexibility index (Phi) is 6.96. The maximum absolute atomic E-state index is 11.0. The van der Waals surface area contributed by atoms with Gasteiger partial charge in [-0.2, -0.15) is 0 Å². The van der Waals surface area contributed by atoms with E-state index in [1.807, 2.05) is 0 Å². The fourth-order valence-corrected chi connectivity index (χ4v) is 1.43. The lowest BCUT2D eigenvalue weighted by atomic mass is 10.2. The lowest BCUT2D eigenvalue weighted by Crippen LogP contribution is -2.27. The Morgan fingerprint density at radius 1 is 1.43 bits per heavy atom. The molecule has 0 spiro atoms. The monoisotopic (exact) mass is 278 g/mol. The second kappa shape index (κ2) is 6.78. The van der Waals surface area contributed by atoms with Gasteiger partial charge in [0.25, 0.3) is 0 Å². The molecule has 0 bridgehead atoms. The normalized spacial score (nSPS) is 10.9. The fraction of sp³-hybridized carbons (Fsp3) is 0.625. The molecule has 0 saturated carbocycles. The van der Waals surface area contributed by atoms with Gasteiger partial charge in [0.15, 0.2) is 0 Å². The Balaban J connectivity index is 3.88. The average Bonchev–Trinajstić information content (AvgIpc) is 2.10. The number of alkyl halides is 2. The molecule has 82 valence electrons. The highest BCUT2D eigenvalue weighted by atomic mass is 35.5. The number of hydrogen-bond donors (Lipinski definition) is 0. The number of carbonyl (C=O) groups is 1. The third-order valence-corrected chi connectivity index (χ3v) is 2.47. The lowest BCUT2D eigenvalue weighted by molar-refractivity contribution is -0.141. The highest BCUT2D eigenvalue weighted by Gasteiger charge is 2.33. The predicted octanol–water partition coefficient (Wildman–Crippen LogP) is 3.82. The molecule has 0 aromatic carbocycles. The number of esters is 1. The van der Waals surface area contributed by atoms with Crippen LogP contribution in [0.25, 0.3) is 0 Å². The summed E-state index contributed by atoms with van der Waals surface area (Å²) in [5.41, 5.74) is 0. The summed E-state index contributed by atoms with van der Waals surface area (Å²) in [6, 6.07) is 0. The molecular formula is C8H10Cl4O2. The summed E-state index contributed by atoms with van der Waals surface area (Å²) in [6.07, 6.45) is 3.12. The summed E-state index contributed by atoms with van der Waals surface area (Å²) in [5.74, 6) is -0.651. The smallest absolute Gasteiger partial charge is 0.342 e. The van der Waals surface area contributed by atoms with E-state index < -0.39 is 10.3 Å². The minimum absolute atomic E-state index is 0.192. The Bertz CT molecular complexity index is 221. The first-order valence-corrected chi connectivity index (χ1v) is 5.38. The van der Waals surface area contributed by atoms with Crippen molar-refractivity contribution in [3.63, 3.8) is 0 Å². The largest absolute Gasteiger partial charge is 0.467 e. The topological polar surface area (TPSA) is 26.3 Å². The first-order chi connectivity index (χ1) is 6.40. The van der Waals surface area contributed by atoms with Crippen LogP contribution in [-0.2, 0) is 9.53 Å². The van der Waals surface area contributed by atoms with Crippen molar-refractivity contribution in [2.75, 3.05) is 7.11 Å². The highest BCUT2D eigenvalue weighted by molar-refractivity contribution is 6.57. The van der Waals surface area contributed by atoms with Crippen molar-refractivity contribution in [2.24, 2.45) is 0 Å². The zero-order chi connectivity index (χ0) is 11.2. The third-order valence-electron chi connectivity index (χ3n) is 1.48. The van der Waals surface area contributed by atoms with Crippen LogP contribution in [0.5, 0.6) is 0 Å². The van der Waals surface area contributed by atoms with Crippen molar-refractivity contribution in [1.29, 1.82) is 0 Å². The van der Waals surface area contributed by atoms with E-state index in [-0.39, 0.29) is 4.49 Å². The first kappa shape index (κ1) is 14.4. The maximum atomic E-state index is 11.0. The van der Waals surface area contributed by atoms with Crippen molar-refractivity contribution >= 4 is 52.4 Å². The number of unbranched alkanes of at least 4 members (excludes halogenated alkanes) is 1. The van der Waals surface area contributed by atoms with Gasteiger partial charge in [0, 0.05) is 0 Å². The Hall–Kier alpha value is 0.370. The minimum atomic E-state index is -1.48. The molecule has 0 aliphatic heterocycles. The molecule has 0 amide bonds. The molecule has 0 radical (unpaired) electrons. The van der Waals surface area contributed by atoms with Crippen LogP contribution in [0.4, 0.5) is 0 Å². The van der Waals surface area contributed by atoms with Crippen molar-refractivity contribution in [2.45, 2.75) is 23.6 Å². The van der Waals surface area contributed by atoms with Gasteiger partial charge in [-0.3, -0.25) is 0 Å². The third kappa shape index (κ3) is 5.97. The van der Waals surface area contributed by atoms with E-state index in [0.717, 1.165) is 0 Å². The highest BCUT2D eigenvalue weighted by Crippen LogP contribution is 2.29. The molecule has 0 saturated heterocycles. The second-order valence-electron chi connectivity index (χ2n) is 2.58. The molecule has 0 rings (SSSR count). The van der Waals surface area contributed by atoms with E-state index in [0.29, 0.717) is 19.3 Å². The molecule has 0 fully saturated rings. The molecule has 0 aromatic heterocycles. The maximum Gasteiger partial charge on any atom is 0.342 e. The summed E-state index contributed by atoms with van der Waals surface area (Å²) in [4.78, 5) is 11.0. The first-order valence-electron chi connectivity index (χ1n) is 3.87. The van der Waals surface area contributed by atoms with Crippen molar-refractivity contribution < 1.29 is 9.53 Å². The van der Waals surface area contributed by atoms with Crippen LogP contribution in [0.2, 0.25) is 0 Å². The molecule has 0 aromatic rings. The second-order valence-corrected chi connectivity index (χ2v) is 5.07. The number of rotatable bonds is 5. The summed E-state index contributed by atoms with van der Waals surface area (Å²) in [7, 11) is 1.23. The molecule has 0 unspecified atom stereocenters. The van der Waals surface area contributed by atoms with E-state index in [4.69, 9.17) is 46.4 Å². The minimum Gasteiger partial charge on any atom is -0.467 e. The fourth-order valence-electron chi connectivity index (χ4n) is 0.787. The van der Waals surface area contributed by atoms with Gasteiger partial charge in [0.1, 0.15) is 4.49 Å². The van der Waals surface area contributed by atoms with Gasteiger partial charge < -0.3 is 4.74 Å². The number of allylic oxidation sites excluding steroid dienone is 1. The van der Waals surface area contributed by atoms with Crippen LogP contribution in [-0.4, -0.2) is 17.4 Å². The van der Waals surface area contributed by atoms with E-state index >= 15 is 0 Å². The molecule has 14 heavy (non-hydrogen) atoms. The zero-order valence-electron chi connectivity index (χ0n) is 7.53. The molecule has 0 aliphatic rings. The molecule has 2 nitrogen and oxygen atoms in total. The van der Waals surface area contributed by atoms with Crippen LogP contribution >= 0.6 is 46.4 Å². The van der Waals surface area contributed by atoms with E-state index in [1.54, 1.807) is 6.08 Å². The Morgan fingerprint density at radius 2 is 2.00 bits per heavy atom. The van der Waals surface area contributed by atoms with Crippen LogP contribution in [0, 0.1) is 0 Å². The van der Waals surface area contributed by atoms with Gasteiger partial charge in [-0.15, -0.1) is 0 Å². The molecule has 6 heteroatoms. The van der Waals surface area contributed by atoms with Crippen LogP contribution in [0.15, 0.2) is 10.6 Å². The number of halogens is 4. The molecule has 0 aliphatic carbocycles. The van der Waals surface area contributed by atoms with Crippen LogP contribution in [0.1, 0.15) is 19.3 Å². The number of methoxy groups -OCH3 is 1. The van der Waals surface area contributed by atoms with Crippen molar-refractivity contribution in [3.8, 4) is 0 Å². The van der Waals surface area contributed by atoms with E-state index in [9.17, 15) is 4.79 Å². The average molecular weight is 280 g/mol. The standard InChI is InChI=1S/C8H10Cl4O2/c1-14-7(13)8(11,12)5-3-2-4-6(9)10/h4H,2-3,5H2,1H3. The van der Waals surface area contributed by atoms with Gasteiger partial charge in [-0.1, -0.05) is 52.5 Å².